The summed E-state index contributed by atoms with van der Waals surface area (Å²) in [5.41, 5.74) is 7.69. The highest BCUT2D eigenvalue weighted by atomic mass is 32.2. The molecule has 0 aliphatic carbocycles. The molecule has 2 N–H and O–H groups in total. The first-order valence-electron chi connectivity index (χ1n) is 6.80. The van der Waals surface area contributed by atoms with E-state index in [-0.39, 0.29) is 17.9 Å². The minimum absolute atomic E-state index is 0.00375. The first-order chi connectivity index (χ1) is 9.77. The average molecular weight is 308 g/mol. The van der Waals surface area contributed by atoms with Crippen molar-refractivity contribution < 1.29 is 13.2 Å². The summed E-state index contributed by atoms with van der Waals surface area (Å²) in [6, 6.07) is 6.86. The Morgan fingerprint density at radius 2 is 1.90 bits per heavy atom. The van der Waals surface area contributed by atoms with Crippen molar-refractivity contribution in [2.45, 2.75) is 31.2 Å². The van der Waals surface area contributed by atoms with Gasteiger partial charge in [-0.2, -0.15) is 0 Å². The van der Waals surface area contributed by atoms with E-state index in [0.717, 1.165) is 11.1 Å². The van der Waals surface area contributed by atoms with Gasteiger partial charge in [0.25, 0.3) is 0 Å². The fraction of sp³-hybridized carbons (Fsp3) is 0.400. The highest BCUT2D eigenvalue weighted by molar-refractivity contribution is 7.90. The third kappa shape index (κ3) is 3.92. The molecule has 0 aromatic heterocycles. The van der Waals surface area contributed by atoms with Crippen molar-refractivity contribution >= 4 is 21.8 Å². The second-order valence-corrected chi connectivity index (χ2v) is 7.60. The minimum atomic E-state index is -3.16. The largest absolute Gasteiger partial charge is 0.291 e. The maximum absolute atomic E-state index is 11.4. The second-order valence-electron chi connectivity index (χ2n) is 5.58. The molecule has 2 atom stereocenters. The monoisotopic (exact) mass is 308 g/mol. The molecular weight excluding hydrogens is 288 g/mol. The summed E-state index contributed by atoms with van der Waals surface area (Å²) in [6.07, 6.45) is 3.69. The number of carbonyl (C=O) groups is 1. The molecule has 5 nitrogen and oxygen atoms in total. The predicted molar refractivity (Wildman–Crippen MR) is 82.1 cm³/mol. The van der Waals surface area contributed by atoms with Gasteiger partial charge in [0.1, 0.15) is 0 Å². The molecule has 2 unspecified atom stereocenters. The number of nitrogens with one attached hydrogen (secondary N) is 2. The van der Waals surface area contributed by atoms with E-state index in [1.54, 1.807) is 24.3 Å². The molecule has 0 radical (unpaired) electrons. The Morgan fingerprint density at radius 3 is 2.43 bits per heavy atom. The lowest BCUT2D eigenvalue weighted by Gasteiger charge is -2.30. The minimum Gasteiger partial charge on any atom is -0.291 e. The number of rotatable bonds is 3. The smallest absolute Gasteiger partial charge is 0.234 e. The van der Waals surface area contributed by atoms with Crippen LogP contribution in [-0.2, 0) is 14.6 Å². The predicted octanol–water partition coefficient (Wildman–Crippen LogP) is 1.52. The van der Waals surface area contributed by atoms with E-state index in [0.29, 0.717) is 11.3 Å². The zero-order valence-electron chi connectivity index (χ0n) is 12.4. The quantitative estimate of drug-likeness (QED) is 0.888. The summed E-state index contributed by atoms with van der Waals surface area (Å²) in [5, 5.41) is 0. The summed E-state index contributed by atoms with van der Waals surface area (Å²) in [6.45, 7) is 4.02. The molecular formula is C15H20N2O3S. The van der Waals surface area contributed by atoms with E-state index in [1.807, 2.05) is 19.9 Å². The Bertz CT molecular complexity index is 663. The van der Waals surface area contributed by atoms with Crippen LogP contribution in [0.15, 0.2) is 34.7 Å². The Kier molecular flexibility index (Phi) is 4.49. The van der Waals surface area contributed by atoms with Gasteiger partial charge < -0.3 is 0 Å². The first-order valence-corrected chi connectivity index (χ1v) is 8.69. The molecule has 114 valence electrons. The average Bonchev–Trinajstić information content (AvgIpc) is 2.38. The Labute approximate surface area is 125 Å². The number of sulfone groups is 1. The standard InChI is InChI=1S/C15H20N2O3S/c1-10(15-11(2)9-14(18)16-17-15)8-12-4-6-13(7-5-12)21(3,19)20/h4-8,11,15,17H,9H2,1-3H3,(H,16,18)/b10-8+. The number of amides is 1. The van der Waals surface area contributed by atoms with E-state index < -0.39 is 9.84 Å². The van der Waals surface area contributed by atoms with Gasteiger partial charge in [0.2, 0.25) is 5.91 Å². The van der Waals surface area contributed by atoms with Crippen LogP contribution in [0.3, 0.4) is 0 Å². The SMILES string of the molecule is C/C(=C\c1ccc(S(C)(=O)=O)cc1)C1NNC(=O)CC1C. The van der Waals surface area contributed by atoms with Crippen molar-refractivity contribution in [3.05, 3.63) is 35.4 Å². The summed E-state index contributed by atoms with van der Waals surface area (Å²) < 4.78 is 22.8. The van der Waals surface area contributed by atoms with Gasteiger partial charge in [-0.1, -0.05) is 30.7 Å². The van der Waals surface area contributed by atoms with Crippen molar-refractivity contribution in [2.24, 2.45) is 5.92 Å². The van der Waals surface area contributed by atoms with Crippen LogP contribution in [0.4, 0.5) is 0 Å². The number of hydrazine groups is 1. The van der Waals surface area contributed by atoms with Crippen LogP contribution in [0.5, 0.6) is 0 Å². The van der Waals surface area contributed by atoms with Crippen molar-refractivity contribution in [3.63, 3.8) is 0 Å². The molecule has 1 fully saturated rings. The van der Waals surface area contributed by atoms with Gasteiger partial charge in [-0.05, 0) is 30.5 Å². The van der Waals surface area contributed by atoms with Crippen molar-refractivity contribution in [1.29, 1.82) is 0 Å². The molecule has 1 amide bonds. The normalized spacial score (nSPS) is 23.8. The maximum atomic E-state index is 11.4. The molecule has 1 saturated heterocycles. The van der Waals surface area contributed by atoms with Crippen LogP contribution < -0.4 is 10.9 Å². The van der Waals surface area contributed by atoms with Gasteiger partial charge in [0, 0.05) is 12.7 Å². The highest BCUT2D eigenvalue weighted by Gasteiger charge is 2.26. The van der Waals surface area contributed by atoms with E-state index in [4.69, 9.17) is 0 Å². The molecule has 1 heterocycles. The second kappa shape index (κ2) is 5.99. The van der Waals surface area contributed by atoms with Crippen LogP contribution in [0.1, 0.15) is 25.8 Å². The Morgan fingerprint density at radius 1 is 1.29 bits per heavy atom. The summed E-state index contributed by atoms with van der Waals surface area (Å²) in [7, 11) is -3.16. The molecule has 6 heteroatoms. The molecule has 0 saturated carbocycles. The first kappa shape index (κ1) is 15.7. The number of benzene rings is 1. The van der Waals surface area contributed by atoms with Crippen LogP contribution in [0.25, 0.3) is 6.08 Å². The number of carbonyl (C=O) groups excluding carboxylic acids is 1. The lowest BCUT2D eigenvalue weighted by molar-refractivity contribution is -0.125. The van der Waals surface area contributed by atoms with E-state index in [1.165, 1.54) is 6.26 Å². The van der Waals surface area contributed by atoms with E-state index in [2.05, 4.69) is 10.9 Å². The van der Waals surface area contributed by atoms with E-state index in [9.17, 15) is 13.2 Å². The van der Waals surface area contributed by atoms with Gasteiger partial charge in [-0.3, -0.25) is 10.2 Å². The highest BCUT2D eigenvalue weighted by Crippen LogP contribution is 2.21. The topological polar surface area (TPSA) is 75.3 Å². The van der Waals surface area contributed by atoms with E-state index >= 15 is 0 Å². The fourth-order valence-electron chi connectivity index (χ4n) is 2.49. The van der Waals surface area contributed by atoms with Crippen LogP contribution in [0, 0.1) is 5.92 Å². The lowest BCUT2D eigenvalue weighted by Crippen LogP contribution is -2.53. The van der Waals surface area contributed by atoms with Gasteiger partial charge in [-0.15, -0.1) is 0 Å². The van der Waals surface area contributed by atoms with Gasteiger partial charge in [0.05, 0.1) is 10.9 Å². The van der Waals surface area contributed by atoms with Gasteiger partial charge in [-0.25, -0.2) is 13.8 Å². The van der Waals surface area contributed by atoms with Gasteiger partial charge in [0.15, 0.2) is 9.84 Å². The van der Waals surface area contributed by atoms with Crippen LogP contribution in [0.2, 0.25) is 0 Å². The zero-order valence-corrected chi connectivity index (χ0v) is 13.2. The molecule has 1 aliphatic rings. The van der Waals surface area contributed by atoms with Crippen molar-refractivity contribution in [2.75, 3.05) is 6.26 Å². The molecule has 2 rings (SSSR count). The molecule has 0 bridgehead atoms. The number of hydrogen-bond donors (Lipinski definition) is 2. The molecule has 1 aliphatic heterocycles. The Balaban J connectivity index is 2.17. The van der Waals surface area contributed by atoms with Crippen LogP contribution >= 0.6 is 0 Å². The fourth-order valence-corrected chi connectivity index (χ4v) is 3.12. The van der Waals surface area contributed by atoms with Crippen molar-refractivity contribution in [3.8, 4) is 0 Å². The molecule has 21 heavy (non-hydrogen) atoms. The molecule has 0 spiro atoms. The van der Waals surface area contributed by atoms with Crippen molar-refractivity contribution in [1.82, 2.24) is 10.9 Å². The maximum Gasteiger partial charge on any atom is 0.234 e. The van der Waals surface area contributed by atoms with Gasteiger partial charge >= 0.3 is 0 Å². The van der Waals surface area contributed by atoms with Crippen LogP contribution in [-0.4, -0.2) is 26.6 Å². The lowest BCUT2D eigenvalue weighted by atomic mass is 9.90. The third-order valence-corrected chi connectivity index (χ3v) is 4.77. The molecule has 1 aromatic rings. The third-order valence-electron chi connectivity index (χ3n) is 3.64. The summed E-state index contributed by atoms with van der Waals surface area (Å²) >= 11 is 0. The number of hydrogen-bond acceptors (Lipinski definition) is 4. The summed E-state index contributed by atoms with van der Waals surface area (Å²) in [4.78, 5) is 11.6. The Hall–Kier alpha value is -1.66. The molecule has 1 aromatic carbocycles. The summed E-state index contributed by atoms with van der Waals surface area (Å²) in [5.74, 6) is 0.217. The zero-order chi connectivity index (χ0) is 15.6.